The number of anilines is 2. The number of nitrogens with zero attached hydrogens (tertiary/aromatic N) is 1. The molecule has 0 atom stereocenters. The summed E-state index contributed by atoms with van der Waals surface area (Å²) in [4.78, 5) is 38.9. The lowest BCUT2D eigenvalue weighted by Gasteiger charge is -2.15. The highest BCUT2D eigenvalue weighted by Gasteiger charge is 2.39. The molecular formula is C25H16BrCl2FN2O4. The molecular weight excluding hydrogens is 562 g/mol. The van der Waals surface area contributed by atoms with Gasteiger partial charge in [-0.25, -0.2) is 14.1 Å². The van der Waals surface area contributed by atoms with E-state index in [9.17, 15) is 18.8 Å². The number of halogens is 4. The molecule has 0 fully saturated rings. The molecule has 3 aromatic carbocycles. The second-order valence-corrected chi connectivity index (χ2v) is 9.39. The van der Waals surface area contributed by atoms with Gasteiger partial charge in [0, 0.05) is 10.2 Å². The molecule has 4 rings (SSSR count). The average molecular weight is 578 g/mol. The van der Waals surface area contributed by atoms with Crippen LogP contribution >= 0.6 is 39.1 Å². The van der Waals surface area contributed by atoms with Gasteiger partial charge in [0.2, 0.25) is 0 Å². The maximum atomic E-state index is 13.5. The Morgan fingerprint density at radius 3 is 2.20 bits per heavy atom. The second kappa shape index (κ2) is 9.81. The third-order valence-corrected chi connectivity index (χ3v) is 6.30. The second-order valence-electron chi connectivity index (χ2n) is 7.69. The van der Waals surface area contributed by atoms with Gasteiger partial charge in [0.25, 0.3) is 11.8 Å². The monoisotopic (exact) mass is 576 g/mol. The first-order chi connectivity index (χ1) is 16.6. The Hall–Kier alpha value is -3.20. The summed E-state index contributed by atoms with van der Waals surface area (Å²) in [5.41, 5.74) is 2.23. The van der Waals surface area contributed by atoms with Gasteiger partial charge >= 0.3 is 5.97 Å². The number of hydrogen-bond donors (Lipinski definition) is 1. The predicted molar refractivity (Wildman–Crippen MR) is 135 cm³/mol. The van der Waals surface area contributed by atoms with Crippen molar-refractivity contribution in [2.24, 2.45) is 0 Å². The highest BCUT2D eigenvalue weighted by atomic mass is 79.9. The van der Waals surface area contributed by atoms with Gasteiger partial charge in [-0.15, -0.1) is 0 Å². The molecule has 0 unspecified atom stereocenters. The van der Waals surface area contributed by atoms with Gasteiger partial charge in [-0.1, -0.05) is 39.1 Å². The van der Waals surface area contributed by atoms with Crippen molar-refractivity contribution in [1.29, 1.82) is 0 Å². The molecule has 178 valence electrons. The zero-order valence-electron chi connectivity index (χ0n) is 18.3. The number of imide groups is 1. The fraction of sp³-hybridized carbons (Fsp3) is 0.0800. The number of carbonyl (C=O) groups excluding carboxylic acids is 3. The summed E-state index contributed by atoms with van der Waals surface area (Å²) in [5.74, 6) is -2.26. The lowest BCUT2D eigenvalue weighted by Crippen LogP contribution is -2.32. The first-order valence-electron chi connectivity index (χ1n) is 10.2. The van der Waals surface area contributed by atoms with E-state index in [2.05, 4.69) is 21.2 Å². The zero-order chi connectivity index (χ0) is 25.4. The van der Waals surface area contributed by atoms with Gasteiger partial charge in [0.1, 0.15) is 22.3 Å². The highest BCUT2D eigenvalue weighted by molar-refractivity contribution is 9.10. The van der Waals surface area contributed by atoms with E-state index in [1.165, 1.54) is 18.2 Å². The van der Waals surface area contributed by atoms with Crippen LogP contribution in [0.3, 0.4) is 0 Å². The van der Waals surface area contributed by atoms with Gasteiger partial charge in [-0.05, 0) is 79.6 Å². The van der Waals surface area contributed by atoms with Crippen LogP contribution in [0.25, 0.3) is 0 Å². The first-order valence-corrected chi connectivity index (χ1v) is 11.7. The number of carbonyl (C=O) groups is 3. The van der Waals surface area contributed by atoms with Crippen molar-refractivity contribution in [2.75, 3.05) is 10.2 Å². The Kier molecular flexibility index (Phi) is 6.98. The highest BCUT2D eigenvalue weighted by Crippen LogP contribution is 2.32. The summed E-state index contributed by atoms with van der Waals surface area (Å²) in [5, 5.41) is 2.24. The molecule has 2 amide bonds. The lowest BCUT2D eigenvalue weighted by atomic mass is 10.1. The molecule has 1 heterocycles. The van der Waals surface area contributed by atoms with Crippen LogP contribution in [0.1, 0.15) is 21.5 Å². The molecule has 0 radical (unpaired) electrons. The van der Waals surface area contributed by atoms with E-state index in [4.69, 9.17) is 27.9 Å². The topological polar surface area (TPSA) is 75.7 Å². The SMILES string of the molecule is Cc1cc(Br)cc(C)c1OC(=O)c1ccc(NC2=C(Cl)C(=O)N(c3ccc(F)c(Cl)c3)C2=O)cc1. The normalized spacial score (nSPS) is 13.5. The van der Waals surface area contributed by atoms with E-state index in [-0.39, 0.29) is 27.0 Å². The zero-order valence-corrected chi connectivity index (χ0v) is 21.4. The van der Waals surface area contributed by atoms with Gasteiger partial charge in [0.15, 0.2) is 0 Å². The molecule has 0 spiro atoms. The summed E-state index contributed by atoms with van der Waals surface area (Å²) in [7, 11) is 0. The van der Waals surface area contributed by atoms with E-state index in [1.807, 2.05) is 26.0 Å². The number of benzene rings is 3. The van der Waals surface area contributed by atoms with E-state index in [0.29, 0.717) is 11.4 Å². The van der Waals surface area contributed by atoms with Crippen LogP contribution in [0.4, 0.5) is 15.8 Å². The number of aryl methyl sites for hydroxylation is 2. The molecule has 6 nitrogen and oxygen atoms in total. The van der Waals surface area contributed by atoms with Crippen molar-refractivity contribution in [2.45, 2.75) is 13.8 Å². The number of nitrogens with one attached hydrogen (secondary N) is 1. The van der Waals surface area contributed by atoms with Crippen molar-refractivity contribution in [3.05, 3.63) is 97.3 Å². The number of hydrogen-bond acceptors (Lipinski definition) is 5. The van der Waals surface area contributed by atoms with Gasteiger partial charge < -0.3 is 10.1 Å². The molecule has 1 aliphatic heterocycles. The van der Waals surface area contributed by atoms with Crippen LogP contribution in [0.2, 0.25) is 5.02 Å². The van der Waals surface area contributed by atoms with Crippen LogP contribution in [-0.2, 0) is 9.59 Å². The van der Waals surface area contributed by atoms with Crippen molar-refractivity contribution < 1.29 is 23.5 Å². The Morgan fingerprint density at radius 2 is 1.60 bits per heavy atom. The van der Waals surface area contributed by atoms with Crippen LogP contribution in [0.15, 0.2) is 69.8 Å². The number of amides is 2. The first kappa shape index (κ1) is 24.9. The average Bonchev–Trinajstić information content (AvgIpc) is 3.01. The summed E-state index contributed by atoms with van der Waals surface area (Å²) in [6.07, 6.45) is 0. The number of rotatable bonds is 5. The quantitative estimate of drug-likeness (QED) is 0.212. The summed E-state index contributed by atoms with van der Waals surface area (Å²) in [6.45, 7) is 3.68. The summed E-state index contributed by atoms with van der Waals surface area (Å²) >= 11 is 15.3. The fourth-order valence-electron chi connectivity index (χ4n) is 3.51. The van der Waals surface area contributed by atoms with Crippen molar-refractivity contribution >= 4 is 68.3 Å². The molecule has 1 N–H and O–H groups in total. The minimum absolute atomic E-state index is 0.0815. The third-order valence-electron chi connectivity index (χ3n) is 5.20. The van der Waals surface area contributed by atoms with Gasteiger partial charge in [-0.2, -0.15) is 0 Å². The number of esters is 1. The molecule has 0 saturated carbocycles. The fourth-order valence-corrected chi connectivity index (χ4v) is 4.59. The summed E-state index contributed by atoms with van der Waals surface area (Å²) in [6, 6.07) is 13.3. The Bertz CT molecular complexity index is 1400. The molecule has 3 aromatic rings. The molecule has 10 heteroatoms. The maximum absolute atomic E-state index is 13.5. The van der Waals surface area contributed by atoms with Gasteiger partial charge in [0.05, 0.1) is 16.3 Å². The van der Waals surface area contributed by atoms with Crippen molar-refractivity contribution in [3.63, 3.8) is 0 Å². The Labute approximate surface area is 218 Å². The third kappa shape index (κ3) is 4.96. The van der Waals surface area contributed by atoms with Crippen LogP contribution < -0.4 is 15.0 Å². The standard InChI is InChI=1S/C25H16BrCl2FN2O4/c1-12-9-15(26)10-13(2)22(12)35-25(34)14-3-5-16(6-4-14)30-21-20(28)23(32)31(24(21)33)17-7-8-19(29)18(27)11-17/h3-11,30H,1-2H3. The maximum Gasteiger partial charge on any atom is 0.343 e. The Morgan fingerprint density at radius 1 is 0.971 bits per heavy atom. The van der Waals surface area contributed by atoms with Crippen LogP contribution in [0, 0.1) is 19.7 Å². The predicted octanol–water partition coefficient (Wildman–Crippen LogP) is 6.51. The summed E-state index contributed by atoms with van der Waals surface area (Å²) < 4.78 is 19.9. The van der Waals surface area contributed by atoms with E-state index >= 15 is 0 Å². The van der Waals surface area contributed by atoms with Gasteiger partial charge in [-0.3, -0.25) is 9.59 Å². The minimum Gasteiger partial charge on any atom is -0.422 e. The van der Waals surface area contributed by atoms with E-state index < -0.39 is 23.6 Å². The van der Waals surface area contributed by atoms with Crippen LogP contribution in [-0.4, -0.2) is 17.8 Å². The molecule has 1 aliphatic rings. The van der Waals surface area contributed by atoms with Crippen LogP contribution in [0.5, 0.6) is 5.75 Å². The molecule has 35 heavy (non-hydrogen) atoms. The molecule has 0 aliphatic carbocycles. The Balaban J connectivity index is 1.50. The number of ether oxygens (including phenoxy) is 1. The smallest absolute Gasteiger partial charge is 0.343 e. The molecule has 0 bridgehead atoms. The minimum atomic E-state index is -0.776. The van der Waals surface area contributed by atoms with E-state index in [0.717, 1.165) is 32.6 Å². The largest absolute Gasteiger partial charge is 0.422 e. The van der Waals surface area contributed by atoms with E-state index in [1.54, 1.807) is 12.1 Å². The molecule has 0 aromatic heterocycles. The van der Waals surface area contributed by atoms with Crippen molar-refractivity contribution in [1.82, 2.24) is 0 Å². The lowest BCUT2D eigenvalue weighted by molar-refractivity contribution is -0.120. The molecule has 0 saturated heterocycles. The van der Waals surface area contributed by atoms with Crippen molar-refractivity contribution in [3.8, 4) is 5.75 Å².